The van der Waals surface area contributed by atoms with Crippen LogP contribution in [0.15, 0.2) is 67.3 Å². The van der Waals surface area contributed by atoms with Gasteiger partial charge in [-0.2, -0.15) is 5.10 Å². The van der Waals surface area contributed by atoms with Gasteiger partial charge in [-0.15, -0.1) is 0 Å². The summed E-state index contributed by atoms with van der Waals surface area (Å²) in [5.41, 5.74) is 3.62. The highest BCUT2D eigenvalue weighted by atomic mass is 32.2. The molecule has 3 heterocycles. The molecule has 0 aliphatic heterocycles. The van der Waals surface area contributed by atoms with Crippen molar-refractivity contribution in [2.24, 2.45) is 7.05 Å². The first kappa shape index (κ1) is 22.7. The number of fused-ring (bicyclic) bond motifs is 1. The van der Waals surface area contributed by atoms with Crippen molar-refractivity contribution in [2.75, 3.05) is 0 Å². The molecule has 5 aromatic rings. The van der Waals surface area contributed by atoms with Gasteiger partial charge in [-0.25, -0.2) is 23.5 Å². The molecule has 1 atom stereocenters. The van der Waals surface area contributed by atoms with E-state index in [1.807, 2.05) is 31.4 Å². The SMILES string of the molecule is Cn1cc(-c2ccc3c(c2)ncn3-c2cc(-c3ccc(F)cc3F)cc(C3(NS(=O)[O-])CC3)n2)cn1. The predicted molar refractivity (Wildman–Crippen MR) is 129 cm³/mol. The third-order valence-corrected chi connectivity index (χ3v) is 6.96. The number of nitrogens with zero attached hydrogens (tertiary/aromatic N) is 5. The number of aryl methyl sites for hydroxylation is 1. The minimum atomic E-state index is -2.51. The quantitative estimate of drug-likeness (QED) is 0.350. The van der Waals surface area contributed by atoms with Crippen LogP contribution in [0.4, 0.5) is 8.78 Å². The number of rotatable bonds is 6. The first-order valence-electron chi connectivity index (χ1n) is 11.1. The van der Waals surface area contributed by atoms with Crippen molar-refractivity contribution in [3.8, 4) is 28.1 Å². The Morgan fingerprint density at radius 3 is 2.58 bits per heavy atom. The van der Waals surface area contributed by atoms with Gasteiger partial charge < -0.3 is 4.55 Å². The van der Waals surface area contributed by atoms with Gasteiger partial charge in [-0.3, -0.25) is 13.5 Å². The van der Waals surface area contributed by atoms with Crippen LogP contribution < -0.4 is 4.72 Å². The van der Waals surface area contributed by atoms with Gasteiger partial charge in [0.15, 0.2) is 0 Å². The maximum Gasteiger partial charge on any atom is 0.139 e. The maximum absolute atomic E-state index is 14.7. The average Bonchev–Trinajstić information content (AvgIpc) is 3.28. The molecule has 182 valence electrons. The van der Waals surface area contributed by atoms with Crippen molar-refractivity contribution < 1.29 is 17.5 Å². The maximum atomic E-state index is 14.7. The lowest BCUT2D eigenvalue weighted by atomic mass is 10.0. The third kappa shape index (κ3) is 4.00. The highest BCUT2D eigenvalue weighted by Gasteiger charge is 2.46. The minimum Gasteiger partial charge on any atom is -0.760 e. The van der Waals surface area contributed by atoms with Crippen LogP contribution in [0.25, 0.3) is 39.1 Å². The van der Waals surface area contributed by atoms with Gasteiger partial charge in [0.1, 0.15) is 23.8 Å². The van der Waals surface area contributed by atoms with Crippen LogP contribution in [0.3, 0.4) is 0 Å². The molecule has 3 aromatic heterocycles. The summed E-state index contributed by atoms with van der Waals surface area (Å²) in [6.45, 7) is 0. The van der Waals surface area contributed by atoms with Gasteiger partial charge in [0.25, 0.3) is 0 Å². The summed E-state index contributed by atoms with van der Waals surface area (Å²) >= 11 is -2.51. The first-order valence-corrected chi connectivity index (χ1v) is 12.2. The van der Waals surface area contributed by atoms with Crippen LogP contribution in [0.2, 0.25) is 0 Å². The summed E-state index contributed by atoms with van der Waals surface area (Å²) in [5, 5.41) is 4.21. The van der Waals surface area contributed by atoms with E-state index in [0.29, 0.717) is 29.9 Å². The fourth-order valence-electron chi connectivity index (χ4n) is 4.40. The fourth-order valence-corrected chi connectivity index (χ4v) is 5.03. The molecule has 1 fully saturated rings. The molecule has 1 N–H and O–H groups in total. The smallest absolute Gasteiger partial charge is 0.139 e. The number of hydrogen-bond acceptors (Lipinski definition) is 5. The lowest BCUT2D eigenvalue weighted by molar-refractivity contribution is 0.498. The van der Waals surface area contributed by atoms with Crippen LogP contribution in [0.5, 0.6) is 0 Å². The third-order valence-electron chi connectivity index (χ3n) is 6.41. The molecule has 0 radical (unpaired) electrons. The molecule has 2 aromatic carbocycles. The molecule has 0 saturated heterocycles. The zero-order valence-corrected chi connectivity index (χ0v) is 19.8. The largest absolute Gasteiger partial charge is 0.760 e. The molecule has 1 aliphatic rings. The van der Waals surface area contributed by atoms with E-state index in [-0.39, 0.29) is 5.56 Å². The van der Waals surface area contributed by atoms with Gasteiger partial charge in [-0.05, 0) is 60.4 Å². The topological polar surface area (TPSA) is 101 Å². The number of nitrogens with one attached hydrogen (secondary N) is 1. The van der Waals surface area contributed by atoms with Crippen molar-refractivity contribution in [2.45, 2.75) is 18.4 Å². The van der Waals surface area contributed by atoms with E-state index < -0.39 is 28.4 Å². The van der Waals surface area contributed by atoms with Gasteiger partial charge in [0.2, 0.25) is 0 Å². The molecule has 8 nitrogen and oxygen atoms in total. The summed E-state index contributed by atoms with van der Waals surface area (Å²) in [6, 6.07) is 12.5. The Bertz CT molecular complexity index is 1660. The van der Waals surface area contributed by atoms with Crippen molar-refractivity contribution in [3.63, 3.8) is 0 Å². The van der Waals surface area contributed by atoms with Crippen LogP contribution in [-0.4, -0.2) is 33.1 Å². The Morgan fingerprint density at radius 1 is 1.06 bits per heavy atom. The van der Waals surface area contributed by atoms with E-state index in [0.717, 1.165) is 28.2 Å². The van der Waals surface area contributed by atoms with Gasteiger partial charge >= 0.3 is 0 Å². The van der Waals surface area contributed by atoms with E-state index in [1.165, 1.54) is 12.1 Å². The molecule has 6 rings (SSSR count). The Labute approximate surface area is 207 Å². The normalized spacial score (nSPS) is 15.3. The zero-order valence-electron chi connectivity index (χ0n) is 19.0. The standard InChI is InChI=1S/C25H20F2N6O2S/c1-32-13-17(12-29-32)15-2-5-22-21(8-15)28-14-33(22)24-10-16(19-4-3-18(26)11-20(19)27)9-23(30-24)25(6-7-25)31-36(34)35/h2-5,8-14,31H,6-7H2,1H3,(H,34,35)/p-1. The van der Waals surface area contributed by atoms with Gasteiger partial charge in [-0.1, -0.05) is 6.07 Å². The first-order chi connectivity index (χ1) is 17.3. The summed E-state index contributed by atoms with van der Waals surface area (Å²) in [7, 11) is 1.85. The molecule has 1 unspecified atom stereocenters. The Hall–Kier alpha value is -3.80. The summed E-state index contributed by atoms with van der Waals surface area (Å²) in [6.07, 6.45) is 6.42. The van der Waals surface area contributed by atoms with Gasteiger partial charge in [0, 0.05) is 41.7 Å². The fraction of sp³-hybridized carbons (Fsp3) is 0.160. The molecule has 1 aliphatic carbocycles. The monoisotopic (exact) mass is 505 g/mol. The Morgan fingerprint density at radius 2 is 1.89 bits per heavy atom. The molecule has 0 amide bonds. The predicted octanol–water partition coefficient (Wildman–Crippen LogP) is 4.14. The number of imidazole rings is 1. The number of pyridine rings is 1. The second kappa shape index (κ2) is 8.40. The minimum absolute atomic E-state index is 0.184. The highest BCUT2D eigenvalue weighted by Crippen LogP contribution is 2.46. The van der Waals surface area contributed by atoms with Crippen molar-refractivity contribution in [1.29, 1.82) is 0 Å². The van der Waals surface area contributed by atoms with Crippen molar-refractivity contribution in [3.05, 3.63) is 84.6 Å². The molecule has 36 heavy (non-hydrogen) atoms. The van der Waals surface area contributed by atoms with Crippen molar-refractivity contribution in [1.82, 2.24) is 29.0 Å². The average molecular weight is 506 g/mol. The second-order valence-corrected chi connectivity index (χ2v) is 9.54. The van der Waals surface area contributed by atoms with Gasteiger partial charge in [0.05, 0.1) is 28.5 Å². The van der Waals surface area contributed by atoms with E-state index in [4.69, 9.17) is 4.98 Å². The van der Waals surface area contributed by atoms with Crippen LogP contribution in [0.1, 0.15) is 18.5 Å². The summed E-state index contributed by atoms with van der Waals surface area (Å²) in [5.74, 6) is -0.967. The number of aromatic nitrogens is 5. The van der Waals surface area contributed by atoms with Crippen LogP contribution in [-0.2, 0) is 23.9 Å². The van der Waals surface area contributed by atoms with Crippen LogP contribution >= 0.6 is 0 Å². The lowest BCUT2D eigenvalue weighted by Crippen LogP contribution is -2.31. The summed E-state index contributed by atoms with van der Waals surface area (Å²) < 4.78 is 57.2. The van der Waals surface area contributed by atoms with E-state index in [2.05, 4.69) is 14.8 Å². The highest BCUT2D eigenvalue weighted by molar-refractivity contribution is 7.77. The molecular weight excluding hydrogens is 486 g/mol. The van der Waals surface area contributed by atoms with E-state index >= 15 is 0 Å². The van der Waals surface area contributed by atoms with Crippen LogP contribution in [0, 0.1) is 11.6 Å². The summed E-state index contributed by atoms with van der Waals surface area (Å²) in [4.78, 5) is 9.28. The van der Waals surface area contributed by atoms with E-state index in [1.54, 1.807) is 33.9 Å². The number of hydrogen-bond donors (Lipinski definition) is 1. The molecule has 1 saturated carbocycles. The van der Waals surface area contributed by atoms with Crippen molar-refractivity contribution >= 4 is 22.3 Å². The Balaban J connectivity index is 1.50. The Kier molecular flexibility index (Phi) is 5.29. The van der Waals surface area contributed by atoms with E-state index in [9.17, 15) is 17.5 Å². The molecule has 11 heteroatoms. The lowest BCUT2D eigenvalue weighted by Gasteiger charge is -2.20. The zero-order chi connectivity index (χ0) is 25.0. The number of halogens is 2. The molecule has 0 bridgehead atoms. The molecular formula is C25H19F2N6O2S-. The number of benzene rings is 2. The second-order valence-electron chi connectivity index (χ2n) is 8.86. The molecule has 0 spiro atoms.